The maximum Gasteiger partial charge on any atom is 0.427 e. The van der Waals surface area contributed by atoms with E-state index in [9.17, 15) is 30.4 Å². The largest absolute Gasteiger partial charge is 0.456 e. The quantitative estimate of drug-likeness (QED) is 0.0647. The van der Waals surface area contributed by atoms with E-state index in [1.165, 1.54) is 22.8 Å². The van der Waals surface area contributed by atoms with Gasteiger partial charge in [-0.05, 0) is 135 Å². The van der Waals surface area contributed by atoms with Gasteiger partial charge in [0.15, 0.2) is 0 Å². The van der Waals surface area contributed by atoms with E-state index in [1.54, 1.807) is 30.5 Å². The highest BCUT2D eigenvalue weighted by molar-refractivity contribution is 7.94. The number of rotatable bonds is 16. The van der Waals surface area contributed by atoms with E-state index in [-0.39, 0.29) is 29.0 Å². The molecule has 12 nitrogen and oxygen atoms in total. The number of piperazine rings is 1. The number of ether oxygens (including phenoxy) is 1. The van der Waals surface area contributed by atoms with Crippen LogP contribution in [0, 0.1) is 5.41 Å². The molecule has 342 valence electrons. The highest BCUT2D eigenvalue weighted by atomic mass is 35.5. The molecule has 2 aliphatic rings. The molecular weight excluding hydrogens is 906 g/mol. The zero-order valence-corrected chi connectivity index (χ0v) is 39.2. The Hall–Kier alpha value is -4.71. The number of hydrogen-bond donors (Lipinski definition) is 3. The van der Waals surface area contributed by atoms with Gasteiger partial charge in [-0.3, -0.25) is 9.69 Å². The summed E-state index contributed by atoms with van der Waals surface area (Å²) >= 11 is 11.3. The minimum Gasteiger partial charge on any atom is -0.456 e. The van der Waals surface area contributed by atoms with Gasteiger partial charge in [0.1, 0.15) is 11.5 Å². The van der Waals surface area contributed by atoms with E-state index in [0.717, 1.165) is 67.6 Å². The van der Waals surface area contributed by atoms with Gasteiger partial charge in [-0.25, -0.2) is 21.6 Å². The summed E-state index contributed by atoms with van der Waals surface area (Å²) in [5.41, 5.74) is 5.34. The number of aromatic nitrogens is 1. The number of nitrogens with zero attached hydrogens (tertiary/aromatic N) is 3. The molecule has 18 heteroatoms. The third kappa shape index (κ3) is 10.9. The van der Waals surface area contributed by atoms with Gasteiger partial charge < -0.3 is 24.8 Å². The van der Waals surface area contributed by atoms with Crippen LogP contribution in [0.4, 0.5) is 20.2 Å². The Morgan fingerprint density at radius 3 is 2.38 bits per heavy atom. The molecule has 7 rings (SSSR count). The van der Waals surface area contributed by atoms with E-state index < -0.39 is 40.3 Å². The molecule has 1 amide bonds. The molecule has 4 aromatic carbocycles. The Labute approximate surface area is 383 Å². The Bertz CT molecular complexity index is 2770. The molecule has 5 aromatic rings. The fourth-order valence-electron chi connectivity index (χ4n) is 8.16. The SMILES string of the molecule is CN(C)CCCNc1ccc(S(=O)(=O)NC(=O)c2ccc(N3CCN(CC4=C(c5ccc(Cl)cc5)CC(C)(C)CC4)CC3)cc2Oc2cccc3[nH]ccc23)cc1S(=O)(=O)C(F)(F)Cl. The number of H-pyrrole nitrogens is 1. The van der Waals surface area contributed by atoms with Crippen LogP contribution in [-0.2, 0) is 19.9 Å². The molecule has 1 aliphatic heterocycles. The molecular formula is C46H52Cl2F2N6O6S2. The smallest absolute Gasteiger partial charge is 0.427 e. The summed E-state index contributed by atoms with van der Waals surface area (Å²) in [5.74, 6) is -0.624. The van der Waals surface area contributed by atoms with Crippen molar-refractivity contribution >= 4 is 76.8 Å². The second-order valence-corrected chi connectivity index (χ2v) is 22.1. The third-order valence-corrected chi connectivity index (χ3v) is 15.4. The molecule has 0 spiro atoms. The molecule has 0 radical (unpaired) electrons. The van der Waals surface area contributed by atoms with Crippen molar-refractivity contribution in [1.82, 2.24) is 19.5 Å². The molecule has 1 aliphatic carbocycles. The lowest BCUT2D eigenvalue weighted by atomic mass is 9.72. The first-order chi connectivity index (χ1) is 30.2. The lowest BCUT2D eigenvalue weighted by Gasteiger charge is -2.39. The number of anilines is 2. The maximum atomic E-state index is 14.3. The van der Waals surface area contributed by atoms with Crippen LogP contribution >= 0.6 is 23.2 Å². The van der Waals surface area contributed by atoms with Crippen LogP contribution in [0.5, 0.6) is 11.5 Å². The second kappa shape index (κ2) is 19.0. The predicted octanol–water partition coefficient (Wildman–Crippen LogP) is 9.44. The van der Waals surface area contributed by atoms with Gasteiger partial charge in [-0.15, -0.1) is 0 Å². The summed E-state index contributed by atoms with van der Waals surface area (Å²) in [6.07, 6.45) is 5.37. The fourth-order valence-corrected chi connectivity index (χ4v) is 10.6. The Kier molecular flexibility index (Phi) is 14.0. The first-order valence-electron chi connectivity index (χ1n) is 20.9. The zero-order chi connectivity index (χ0) is 46.0. The van der Waals surface area contributed by atoms with E-state index in [4.69, 9.17) is 27.9 Å². The summed E-state index contributed by atoms with van der Waals surface area (Å²) in [4.78, 5) is 21.9. The lowest BCUT2D eigenvalue weighted by Crippen LogP contribution is -2.47. The number of amides is 1. The van der Waals surface area contributed by atoms with Crippen molar-refractivity contribution in [2.45, 2.75) is 54.0 Å². The molecule has 1 fully saturated rings. The van der Waals surface area contributed by atoms with Crippen molar-refractivity contribution in [2.24, 2.45) is 5.41 Å². The molecule has 0 saturated carbocycles. The van der Waals surface area contributed by atoms with Crippen LogP contribution < -0.4 is 19.7 Å². The molecule has 0 bridgehead atoms. The Balaban J connectivity index is 1.14. The maximum absolute atomic E-state index is 14.3. The number of sulfonamides is 1. The monoisotopic (exact) mass is 956 g/mol. The first-order valence-corrected chi connectivity index (χ1v) is 24.7. The number of allylic oxidation sites excluding steroid dienone is 1. The standard InChI is InChI=1S/C46H52Cl2F2N6O6S2/c1-45(2)19-17-32(38(29-45)31-9-11-33(47)12-10-31)30-55-23-25-56(26-24-55)34-13-15-37(42(27-34)62-41-8-5-7-39-36(41)18-21-52-39)44(57)53-64(60,61)35-14-16-40(51-20-6-22-54(3)4)43(28-35)63(58,59)46(48,49)50/h5,7-16,18,21,27-28,51-52H,6,17,19-20,22-26,29-30H2,1-4H3,(H,53,57). The average Bonchev–Trinajstić information content (AvgIpc) is 3.73. The average molecular weight is 958 g/mol. The lowest BCUT2D eigenvalue weighted by molar-refractivity contribution is 0.0979. The highest BCUT2D eigenvalue weighted by Crippen LogP contribution is 2.44. The number of benzene rings is 4. The number of carbonyl (C=O) groups is 1. The van der Waals surface area contributed by atoms with Gasteiger partial charge in [-0.2, -0.15) is 8.78 Å². The third-order valence-electron chi connectivity index (χ3n) is 11.7. The van der Waals surface area contributed by atoms with Crippen LogP contribution in [0.15, 0.2) is 106 Å². The minimum absolute atomic E-state index is 0.0613. The summed E-state index contributed by atoms with van der Waals surface area (Å²) in [6, 6.07) is 22.8. The van der Waals surface area contributed by atoms with Crippen molar-refractivity contribution in [2.75, 3.05) is 70.1 Å². The van der Waals surface area contributed by atoms with Gasteiger partial charge in [0, 0.05) is 73.1 Å². The number of alkyl halides is 3. The van der Waals surface area contributed by atoms with E-state index in [1.807, 2.05) is 48.0 Å². The first kappa shape index (κ1) is 47.3. The molecule has 2 heterocycles. The normalized spacial score (nSPS) is 16.4. The molecule has 3 N–H and O–H groups in total. The number of sulfone groups is 1. The van der Waals surface area contributed by atoms with Gasteiger partial charge >= 0.3 is 4.71 Å². The van der Waals surface area contributed by atoms with Crippen LogP contribution in [0.1, 0.15) is 55.5 Å². The van der Waals surface area contributed by atoms with Gasteiger partial charge in [0.25, 0.3) is 25.8 Å². The minimum atomic E-state index is -5.58. The van der Waals surface area contributed by atoms with Crippen LogP contribution in [0.3, 0.4) is 0 Å². The summed E-state index contributed by atoms with van der Waals surface area (Å²) in [7, 11) is -6.77. The number of aromatic amines is 1. The van der Waals surface area contributed by atoms with Crippen molar-refractivity contribution < 1.29 is 35.1 Å². The van der Waals surface area contributed by atoms with Gasteiger partial charge in [-0.1, -0.05) is 49.2 Å². The Morgan fingerprint density at radius 2 is 1.67 bits per heavy atom. The number of carbonyl (C=O) groups excluding carboxylic acids is 1. The summed E-state index contributed by atoms with van der Waals surface area (Å²) in [5, 5.41) is 4.22. The van der Waals surface area contributed by atoms with E-state index in [0.29, 0.717) is 42.9 Å². The number of fused-ring (bicyclic) bond motifs is 1. The Morgan fingerprint density at radius 1 is 0.938 bits per heavy atom. The number of hydrogen-bond acceptors (Lipinski definition) is 10. The van der Waals surface area contributed by atoms with Gasteiger partial charge in [0.2, 0.25) is 0 Å². The molecule has 1 aromatic heterocycles. The van der Waals surface area contributed by atoms with E-state index >= 15 is 0 Å². The van der Waals surface area contributed by atoms with Crippen molar-refractivity contribution in [3.63, 3.8) is 0 Å². The topological polar surface area (TPSA) is 144 Å². The van der Waals surface area contributed by atoms with Crippen molar-refractivity contribution in [3.05, 3.63) is 113 Å². The van der Waals surface area contributed by atoms with Crippen LogP contribution in [0.2, 0.25) is 5.02 Å². The summed E-state index contributed by atoms with van der Waals surface area (Å²) < 4.78 is 85.8. The highest BCUT2D eigenvalue weighted by Gasteiger charge is 2.46. The van der Waals surface area contributed by atoms with Crippen molar-refractivity contribution in [3.8, 4) is 11.5 Å². The second-order valence-electron chi connectivity index (χ2n) is 17.3. The number of nitrogens with one attached hydrogen (secondary N) is 3. The van der Waals surface area contributed by atoms with Gasteiger partial charge in [0.05, 0.1) is 21.0 Å². The predicted molar refractivity (Wildman–Crippen MR) is 250 cm³/mol. The molecule has 0 atom stereocenters. The molecule has 0 unspecified atom stereocenters. The summed E-state index contributed by atoms with van der Waals surface area (Å²) in [6.45, 7) is 9.17. The molecule has 1 saturated heterocycles. The van der Waals surface area contributed by atoms with Crippen LogP contribution in [0.25, 0.3) is 16.5 Å². The zero-order valence-electron chi connectivity index (χ0n) is 36.1. The molecule has 64 heavy (non-hydrogen) atoms. The van der Waals surface area contributed by atoms with Crippen LogP contribution in [-0.4, -0.2) is 102 Å². The van der Waals surface area contributed by atoms with Crippen molar-refractivity contribution in [1.29, 1.82) is 0 Å². The van der Waals surface area contributed by atoms with E-state index in [2.05, 4.69) is 46.1 Å². The fraction of sp³-hybridized carbons (Fsp3) is 0.370. The number of halogens is 4.